The van der Waals surface area contributed by atoms with Crippen LogP contribution in [0.4, 0.5) is 5.82 Å². The zero-order valence-corrected chi connectivity index (χ0v) is 12.2. The summed E-state index contributed by atoms with van der Waals surface area (Å²) >= 11 is 3.18. The van der Waals surface area contributed by atoms with Gasteiger partial charge < -0.3 is 10.5 Å². The van der Waals surface area contributed by atoms with Gasteiger partial charge in [-0.25, -0.2) is 18.1 Å². The largest absolute Gasteiger partial charge is 0.383 e. The van der Waals surface area contributed by atoms with Crippen molar-refractivity contribution in [1.82, 2.24) is 9.71 Å². The molecular formula is C10H14BrN3O3S. The topological polar surface area (TPSA) is 94.3 Å². The van der Waals surface area contributed by atoms with Gasteiger partial charge in [0.25, 0.3) is 0 Å². The average molecular weight is 336 g/mol. The first-order chi connectivity index (χ1) is 8.42. The molecule has 18 heavy (non-hydrogen) atoms. The molecule has 1 saturated carbocycles. The van der Waals surface area contributed by atoms with E-state index in [4.69, 9.17) is 10.5 Å². The molecule has 100 valence electrons. The van der Waals surface area contributed by atoms with Gasteiger partial charge in [-0.05, 0) is 34.8 Å². The van der Waals surface area contributed by atoms with Crippen molar-refractivity contribution in [3.05, 3.63) is 16.7 Å². The lowest BCUT2D eigenvalue weighted by Gasteiger charge is -2.34. The lowest BCUT2D eigenvalue weighted by Crippen LogP contribution is -2.47. The number of nitrogens with one attached hydrogen (secondary N) is 1. The number of nitrogens with two attached hydrogens (primary N) is 1. The number of halogens is 1. The molecule has 0 radical (unpaired) electrons. The van der Waals surface area contributed by atoms with Gasteiger partial charge in [-0.1, -0.05) is 0 Å². The first-order valence-corrected chi connectivity index (χ1v) is 7.66. The summed E-state index contributed by atoms with van der Waals surface area (Å²) in [4.78, 5) is 3.81. The van der Waals surface area contributed by atoms with Crippen LogP contribution < -0.4 is 10.5 Å². The molecule has 1 aliphatic rings. The highest BCUT2D eigenvalue weighted by Crippen LogP contribution is 2.26. The zero-order valence-electron chi connectivity index (χ0n) is 9.76. The molecule has 0 saturated heterocycles. The maximum atomic E-state index is 12.1. The summed E-state index contributed by atoms with van der Waals surface area (Å²) in [5, 5.41) is 0. The molecular weight excluding hydrogens is 322 g/mol. The van der Waals surface area contributed by atoms with E-state index in [0.717, 1.165) is 0 Å². The number of pyridine rings is 1. The van der Waals surface area contributed by atoms with Crippen molar-refractivity contribution in [3.63, 3.8) is 0 Å². The molecule has 0 aliphatic heterocycles. The molecule has 0 aromatic carbocycles. The highest BCUT2D eigenvalue weighted by atomic mass is 79.9. The van der Waals surface area contributed by atoms with Crippen molar-refractivity contribution >= 4 is 31.8 Å². The second kappa shape index (κ2) is 5.12. The standard InChI is InChI=1S/C10H14BrN3O3S/c1-17-8-3-7(4-8)14-18(15,16)9-2-6(11)5-13-10(9)12/h2,5,7-8,14H,3-4H2,1H3,(H2,12,13). The third kappa shape index (κ3) is 2.82. The summed E-state index contributed by atoms with van der Waals surface area (Å²) in [6, 6.07) is 1.34. The van der Waals surface area contributed by atoms with E-state index in [2.05, 4.69) is 25.6 Å². The number of hydrogen-bond acceptors (Lipinski definition) is 5. The molecule has 0 atom stereocenters. The number of hydrogen-bond donors (Lipinski definition) is 2. The lowest BCUT2D eigenvalue weighted by atomic mass is 9.90. The molecule has 2 rings (SSSR count). The number of anilines is 1. The monoisotopic (exact) mass is 335 g/mol. The third-order valence-electron chi connectivity index (χ3n) is 2.89. The fourth-order valence-corrected chi connectivity index (χ4v) is 3.63. The molecule has 1 fully saturated rings. The van der Waals surface area contributed by atoms with E-state index in [1.807, 2.05) is 0 Å². The van der Waals surface area contributed by atoms with Gasteiger partial charge in [0, 0.05) is 23.8 Å². The Hall–Kier alpha value is -0.700. The molecule has 0 unspecified atom stereocenters. The molecule has 1 aromatic rings. The van der Waals surface area contributed by atoms with Gasteiger partial charge in [-0.15, -0.1) is 0 Å². The minimum Gasteiger partial charge on any atom is -0.383 e. The smallest absolute Gasteiger partial charge is 0.244 e. The molecule has 6 nitrogen and oxygen atoms in total. The van der Waals surface area contributed by atoms with Crippen LogP contribution in [0.2, 0.25) is 0 Å². The second-order valence-electron chi connectivity index (χ2n) is 4.18. The van der Waals surface area contributed by atoms with E-state index in [1.165, 1.54) is 12.3 Å². The Morgan fingerprint density at radius 1 is 1.56 bits per heavy atom. The first-order valence-electron chi connectivity index (χ1n) is 5.38. The van der Waals surface area contributed by atoms with Gasteiger partial charge >= 0.3 is 0 Å². The summed E-state index contributed by atoms with van der Waals surface area (Å²) in [5.74, 6) is -0.00619. The molecule has 0 amide bonds. The number of methoxy groups -OCH3 is 1. The Morgan fingerprint density at radius 2 is 2.22 bits per heavy atom. The van der Waals surface area contributed by atoms with E-state index in [-0.39, 0.29) is 22.9 Å². The Kier molecular flexibility index (Phi) is 3.90. The number of nitrogen functional groups attached to an aromatic ring is 1. The minimum atomic E-state index is -3.63. The Labute approximate surface area is 114 Å². The fourth-order valence-electron chi connectivity index (χ4n) is 1.78. The fraction of sp³-hybridized carbons (Fsp3) is 0.500. The van der Waals surface area contributed by atoms with E-state index in [0.29, 0.717) is 17.3 Å². The number of aromatic nitrogens is 1. The number of ether oxygens (including phenoxy) is 1. The molecule has 0 bridgehead atoms. The van der Waals surface area contributed by atoms with E-state index in [9.17, 15) is 8.42 Å². The van der Waals surface area contributed by atoms with E-state index in [1.54, 1.807) is 7.11 Å². The zero-order chi connectivity index (χ0) is 13.3. The van der Waals surface area contributed by atoms with E-state index < -0.39 is 10.0 Å². The summed E-state index contributed by atoms with van der Waals surface area (Å²) in [6.07, 6.45) is 2.95. The van der Waals surface area contributed by atoms with Crippen molar-refractivity contribution in [2.24, 2.45) is 0 Å². The third-order valence-corrected chi connectivity index (χ3v) is 4.87. The summed E-state index contributed by atoms with van der Waals surface area (Å²) < 4.78 is 32.5. The Balaban J connectivity index is 2.14. The van der Waals surface area contributed by atoms with Crippen LogP contribution in [-0.4, -0.2) is 32.7 Å². The van der Waals surface area contributed by atoms with Crippen molar-refractivity contribution in [2.75, 3.05) is 12.8 Å². The summed E-state index contributed by atoms with van der Waals surface area (Å²) in [6.45, 7) is 0. The van der Waals surface area contributed by atoms with Crippen LogP contribution in [0.1, 0.15) is 12.8 Å². The highest BCUT2D eigenvalue weighted by Gasteiger charge is 2.33. The maximum Gasteiger partial charge on any atom is 0.244 e. The van der Waals surface area contributed by atoms with Crippen molar-refractivity contribution in [2.45, 2.75) is 29.9 Å². The molecule has 1 aromatic heterocycles. The minimum absolute atomic E-state index is 0.00209. The molecule has 8 heteroatoms. The first kappa shape index (κ1) is 13.7. The summed E-state index contributed by atoms with van der Waals surface area (Å²) in [5.41, 5.74) is 5.59. The van der Waals surface area contributed by atoms with Gasteiger partial charge in [0.05, 0.1) is 6.10 Å². The van der Waals surface area contributed by atoms with Crippen LogP contribution in [0.3, 0.4) is 0 Å². The normalized spacial score (nSPS) is 23.7. The van der Waals surface area contributed by atoms with Gasteiger partial charge in [0.15, 0.2) is 0 Å². The van der Waals surface area contributed by atoms with Gasteiger partial charge in [-0.3, -0.25) is 0 Å². The number of sulfonamides is 1. The van der Waals surface area contributed by atoms with Crippen LogP contribution >= 0.6 is 15.9 Å². The number of rotatable bonds is 4. The molecule has 1 heterocycles. The van der Waals surface area contributed by atoms with Gasteiger partial charge in [0.1, 0.15) is 10.7 Å². The average Bonchev–Trinajstić information content (AvgIpc) is 2.26. The predicted molar refractivity (Wildman–Crippen MR) is 70.5 cm³/mol. The Bertz CT molecular complexity index is 543. The van der Waals surface area contributed by atoms with Crippen LogP contribution in [0.25, 0.3) is 0 Å². The van der Waals surface area contributed by atoms with Crippen LogP contribution in [0, 0.1) is 0 Å². The molecule has 3 N–H and O–H groups in total. The van der Waals surface area contributed by atoms with Crippen molar-refractivity contribution in [3.8, 4) is 0 Å². The van der Waals surface area contributed by atoms with Crippen molar-refractivity contribution < 1.29 is 13.2 Å². The SMILES string of the molecule is COC1CC(NS(=O)(=O)c2cc(Br)cnc2N)C1. The quantitative estimate of drug-likeness (QED) is 0.851. The summed E-state index contributed by atoms with van der Waals surface area (Å²) in [7, 11) is -2.01. The van der Waals surface area contributed by atoms with Gasteiger partial charge in [0.2, 0.25) is 10.0 Å². The lowest BCUT2D eigenvalue weighted by molar-refractivity contribution is 0.0236. The van der Waals surface area contributed by atoms with Crippen LogP contribution in [-0.2, 0) is 14.8 Å². The van der Waals surface area contributed by atoms with Crippen LogP contribution in [0.5, 0.6) is 0 Å². The second-order valence-corrected chi connectivity index (χ2v) is 6.78. The van der Waals surface area contributed by atoms with E-state index >= 15 is 0 Å². The van der Waals surface area contributed by atoms with Crippen LogP contribution in [0.15, 0.2) is 21.6 Å². The molecule has 0 spiro atoms. The maximum absolute atomic E-state index is 12.1. The number of nitrogens with zero attached hydrogens (tertiary/aromatic N) is 1. The predicted octanol–water partition coefficient (Wildman–Crippen LogP) is 0.882. The highest BCUT2D eigenvalue weighted by molar-refractivity contribution is 9.10. The van der Waals surface area contributed by atoms with Gasteiger partial charge in [-0.2, -0.15) is 0 Å². The molecule has 1 aliphatic carbocycles. The Morgan fingerprint density at radius 3 is 2.83 bits per heavy atom. The van der Waals surface area contributed by atoms with Crippen molar-refractivity contribution in [1.29, 1.82) is 0 Å².